The molecule has 1 aromatic carbocycles. The van der Waals surface area contributed by atoms with Crippen molar-refractivity contribution in [2.24, 2.45) is 0 Å². The molecule has 104 valence electrons. The lowest BCUT2D eigenvalue weighted by atomic mass is 10.1. The molecule has 1 unspecified atom stereocenters. The van der Waals surface area contributed by atoms with Gasteiger partial charge in [0.1, 0.15) is 0 Å². The van der Waals surface area contributed by atoms with Crippen LogP contribution >= 0.6 is 0 Å². The van der Waals surface area contributed by atoms with E-state index in [-0.39, 0.29) is 4.92 Å². The van der Waals surface area contributed by atoms with Gasteiger partial charge >= 0.3 is 0 Å². The Morgan fingerprint density at radius 3 is 2.85 bits per heavy atom. The van der Waals surface area contributed by atoms with Gasteiger partial charge in [-0.2, -0.15) is 5.10 Å². The third kappa shape index (κ3) is 2.54. The number of fused-ring (bicyclic) bond motifs is 1. The van der Waals surface area contributed by atoms with Gasteiger partial charge in [-0.3, -0.25) is 10.1 Å². The fourth-order valence-corrected chi connectivity index (χ4v) is 2.58. The minimum Gasteiger partial charge on any atom is -0.264 e. The van der Waals surface area contributed by atoms with E-state index in [0.29, 0.717) is 24.5 Å². The maximum atomic E-state index is 11.0. The molecular weight excluding hydrogens is 256 g/mol. The van der Waals surface area contributed by atoms with Crippen LogP contribution in [0.1, 0.15) is 36.1 Å². The molecule has 0 bridgehead atoms. The minimum atomic E-state index is -0.693. The van der Waals surface area contributed by atoms with E-state index in [1.54, 1.807) is 4.68 Å². The molecule has 0 saturated carbocycles. The summed E-state index contributed by atoms with van der Waals surface area (Å²) in [6.07, 6.45) is 2.92. The van der Waals surface area contributed by atoms with Crippen molar-refractivity contribution < 1.29 is 4.92 Å². The molecule has 6 nitrogen and oxygen atoms in total. The van der Waals surface area contributed by atoms with Crippen LogP contribution in [0.3, 0.4) is 0 Å². The van der Waals surface area contributed by atoms with E-state index in [9.17, 15) is 10.1 Å². The van der Waals surface area contributed by atoms with Crippen molar-refractivity contribution in [2.75, 3.05) is 0 Å². The third-order valence-corrected chi connectivity index (χ3v) is 3.62. The van der Waals surface area contributed by atoms with Crippen LogP contribution in [0.5, 0.6) is 0 Å². The number of hydrogen-bond acceptors (Lipinski definition) is 4. The zero-order valence-electron chi connectivity index (χ0n) is 11.1. The molecule has 3 rings (SSSR count). The molecule has 0 spiro atoms. The summed E-state index contributed by atoms with van der Waals surface area (Å²) in [5.74, 6) is 1.22. The van der Waals surface area contributed by atoms with E-state index in [0.717, 1.165) is 19.4 Å². The summed E-state index contributed by atoms with van der Waals surface area (Å²) in [5, 5.41) is 15.4. The second-order valence-electron chi connectivity index (χ2n) is 5.04. The van der Waals surface area contributed by atoms with Gasteiger partial charge in [0.25, 0.3) is 6.04 Å². The Labute approximate surface area is 116 Å². The van der Waals surface area contributed by atoms with Crippen LogP contribution in [0.15, 0.2) is 30.3 Å². The van der Waals surface area contributed by atoms with Gasteiger partial charge in [-0.15, -0.1) is 0 Å². The SMILES string of the molecule is O=[N+]([O-])C1CCCn2nc(CCc3ccccc3)nc21. The van der Waals surface area contributed by atoms with Crippen molar-refractivity contribution in [1.29, 1.82) is 0 Å². The highest BCUT2D eigenvalue weighted by molar-refractivity contribution is 5.15. The summed E-state index contributed by atoms with van der Waals surface area (Å²) >= 11 is 0. The number of nitro groups is 1. The summed E-state index contributed by atoms with van der Waals surface area (Å²) in [5.41, 5.74) is 1.23. The minimum absolute atomic E-state index is 0.249. The fraction of sp³-hybridized carbons (Fsp3) is 0.429. The van der Waals surface area contributed by atoms with Gasteiger partial charge in [0.2, 0.25) is 5.82 Å². The molecule has 6 heteroatoms. The van der Waals surface area contributed by atoms with Crippen LogP contribution < -0.4 is 0 Å². The van der Waals surface area contributed by atoms with Crippen molar-refractivity contribution in [3.8, 4) is 0 Å². The lowest BCUT2D eigenvalue weighted by molar-refractivity contribution is -0.533. The van der Waals surface area contributed by atoms with Gasteiger partial charge < -0.3 is 0 Å². The molecule has 1 aliphatic heterocycles. The monoisotopic (exact) mass is 272 g/mol. The molecule has 0 saturated heterocycles. The van der Waals surface area contributed by atoms with Crippen LogP contribution in [0, 0.1) is 10.1 Å². The average molecular weight is 272 g/mol. The first-order valence-electron chi connectivity index (χ1n) is 6.85. The quantitative estimate of drug-likeness (QED) is 0.631. The maximum Gasteiger partial charge on any atom is 0.271 e. The van der Waals surface area contributed by atoms with Gasteiger partial charge in [0.15, 0.2) is 5.82 Å². The van der Waals surface area contributed by atoms with Crippen LogP contribution in [-0.2, 0) is 19.4 Å². The molecule has 2 aromatic rings. The second-order valence-corrected chi connectivity index (χ2v) is 5.04. The van der Waals surface area contributed by atoms with E-state index < -0.39 is 6.04 Å². The highest BCUT2D eigenvalue weighted by atomic mass is 16.6. The predicted molar refractivity (Wildman–Crippen MR) is 72.8 cm³/mol. The number of benzene rings is 1. The molecule has 2 heterocycles. The van der Waals surface area contributed by atoms with Crippen molar-refractivity contribution in [3.63, 3.8) is 0 Å². The van der Waals surface area contributed by atoms with Crippen LogP contribution in [-0.4, -0.2) is 19.7 Å². The van der Waals surface area contributed by atoms with Crippen LogP contribution in [0.2, 0.25) is 0 Å². The lowest BCUT2D eigenvalue weighted by Gasteiger charge is -2.15. The summed E-state index contributed by atoms with van der Waals surface area (Å²) in [6, 6.07) is 9.43. The summed E-state index contributed by atoms with van der Waals surface area (Å²) < 4.78 is 1.71. The smallest absolute Gasteiger partial charge is 0.264 e. The van der Waals surface area contributed by atoms with Crippen molar-refractivity contribution in [3.05, 3.63) is 57.7 Å². The molecule has 0 radical (unpaired) electrons. The topological polar surface area (TPSA) is 73.8 Å². The second kappa shape index (κ2) is 5.40. The average Bonchev–Trinajstić information content (AvgIpc) is 2.88. The Morgan fingerprint density at radius 1 is 1.30 bits per heavy atom. The largest absolute Gasteiger partial charge is 0.271 e. The van der Waals surface area contributed by atoms with Gasteiger partial charge in [0.05, 0.1) is 0 Å². The highest BCUT2D eigenvalue weighted by Gasteiger charge is 2.32. The highest BCUT2D eigenvalue weighted by Crippen LogP contribution is 2.25. The van der Waals surface area contributed by atoms with Crippen LogP contribution in [0.25, 0.3) is 0 Å². The van der Waals surface area contributed by atoms with E-state index >= 15 is 0 Å². The normalized spacial score (nSPS) is 17.7. The van der Waals surface area contributed by atoms with Crippen molar-refractivity contribution >= 4 is 0 Å². The number of nitrogens with zero attached hydrogens (tertiary/aromatic N) is 4. The first-order chi connectivity index (χ1) is 9.74. The number of aryl methyl sites for hydroxylation is 3. The zero-order valence-corrected chi connectivity index (χ0v) is 11.1. The summed E-state index contributed by atoms with van der Waals surface area (Å²) in [7, 11) is 0. The van der Waals surface area contributed by atoms with Crippen molar-refractivity contribution in [1.82, 2.24) is 14.8 Å². The Bertz CT molecular complexity index is 609. The zero-order chi connectivity index (χ0) is 13.9. The lowest BCUT2D eigenvalue weighted by Crippen LogP contribution is -2.22. The molecular formula is C14H16N4O2. The first kappa shape index (κ1) is 12.8. The van der Waals surface area contributed by atoms with Gasteiger partial charge in [-0.1, -0.05) is 30.3 Å². The Morgan fingerprint density at radius 2 is 2.10 bits per heavy atom. The fourth-order valence-electron chi connectivity index (χ4n) is 2.58. The molecule has 0 N–H and O–H groups in total. The van der Waals surface area contributed by atoms with E-state index in [1.807, 2.05) is 18.2 Å². The molecule has 0 amide bonds. The maximum absolute atomic E-state index is 11.0. The molecule has 20 heavy (non-hydrogen) atoms. The van der Waals surface area contributed by atoms with E-state index in [4.69, 9.17) is 0 Å². The molecule has 0 fully saturated rings. The van der Waals surface area contributed by atoms with E-state index in [1.165, 1.54) is 5.56 Å². The Kier molecular flexibility index (Phi) is 3.45. The first-order valence-corrected chi connectivity index (χ1v) is 6.85. The third-order valence-electron chi connectivity index (χ3n) is 3.62. The summed E-state index contributed by atoms with van der Waals surface area (Å²) in [6.45, 7) is 0.734. The molecule has 1 aliphatic rings. The van der Waals surface area contributed by atoms with Gasteiger partial charge in [-0.25, -0.2) is 9.67 Å². The van der Waals surface area contributed by atoms with Gasteiger partial charge in [0, 0.05) is 24.3 Å². The Hall–Kier alpha value is -2.24. The Balaban J connectivity index is 1.74. The standard InChI is InChI=1S/C14H16N4O2/c19-18(20)12-7-4-10-17-14(12)15-13(16-17)9-8-11-5-2-1-3-6-11/h1-3,5-6,12H,4,7-10H2. The van der Waals surface area contributed by atoms with Crippen LogP contribution in [0.4, 0.5) is 0 Å². The van der Waals surface area contributed by atoms with Crippen molar-refractivity contribution in [2.45, 2.75) is 38.3 Å². The summed E-state index contributed by atoms with van der Waals surface area (Å²) in [4.78, 5) is 15.2. The number of hydrogen-bond donors (Lipinski definition) is 0. The van der Waals surface area contributed by atoms with Gasteiger partial charge in [-0.05, 0) is 18.4 Å². The predicted octanol–water partition coefficient (Wildman–Crippen LogP) is 2.17. The molecule has 0 aliphatic carbocycles. The molecule has 1 atom stereocenters. The number of aromatic nitrogens is 3. The van der Waals surface area contributed by atoms with E-state index in [2.05, 4.69) is 22.2 Å². The number of rotatable bonds is 4. The molecule has 1 aromatic heterocycles.